The second kappa shape index (κ2) is 4.65. The fourth-order valence-corrected chi connectivity index (χ4v) is 2.52. The van der Waals surface area contributed by atoms with Gasteiger partial charge in [0.05, 0.1) is 17.6 Å². The Labute approximate surface area is 105 Å². The van der Waals surface area contributed by atoms with E-state index in [0.29, 0.717) is 12.2 Å². The first-order chi connectivity index (χ1) is 8.53. The summed E-state index contributed by atoms with van der Waals surface area (Å²) in [5.74, 6) is 0. The van der Waals surface area contributed by atoms with E-state index in [-0.39, 0.29) is 10.6 Å². The third kappa shape index (κ3) is 2.43. The van der Waals surface area contributed by atoms with E-state index in [1.807, 2.05) is 6.92 Å². The Morgan fingerprint density at radius 3 is 2.83 bits per heavy atom. The molecule has 0 saturated heterocycles. The number of aryl methyl sites for hydroxylation is 1. The van der Waals surface area contributed by atoms with E-state index in [2.05, 4.69) is 14.8 Å². The van der Waals surface area contributed by atoms with E-state index in [0.717, 1.165) is 0 Å². The van der Waals surface area contributed by atoms with Crippen molar-refractivity contribution in [3.8, 4) is 0 Å². The maximum absolute atomic E-state index is 12.1. The minimum Gasteiger partial charge on any atom is -0.398 e. The van der Waals surface area contributed by atoms with Crippen molar-refractivity contribution in [3.63, 3.8) is 0 Å². The van der Waals surface area contributed by atoms with Gasteiger partial charge in [0.2, 0.25) is 0 Å². The first kappa shape index (κ1) is 12.4. The summed E-state index contributed by atoms with van der Waals surface area (Å²) in [4.78, 5) is 3.71. The van der Waals surface area contributed by atoms with E-state index in [1.165, 1.54) is 24.7 Å². The lowest BCUT2D eigenvalue weighted by molar-refractivity contribution is 0.601. The molecule has 3 N–H and O–H groups in total. The van der Waals surface area contributed by atoms with Crippen LogP contribution in [0.15, 0.2) is 35.7 Å². The van der Waals surface area contributed by atoms with Crippen molar-refractivity contribution in [2.24, 2.45) is 0 Å². The predicted octanol–water partition coefficient (Wildman–Crippen LogP) is 0.681. The van der Waals surface area contributed by atoms with Gasteiger partial charge in [-0.25, -0.2) is 8.42 Å². The number of rotatable bonds is 4. The smallest absolute Gasteiger partial charge is 0.265 e. The molecule has 96 valence electrons. The molecule has 0 aliphatic rings. The number of nitrogens with two attached hydrogens (primary N) is 1. The van der Waals surface area contributed by atoms with Crippen LogP contribution in [0.25, 0.3) is 0 Å². The van der Waals surface area contributed by atoms with Crippen molar-refractivity contribution in [3.05, 3.63) is 30.9 Å². The normalized spacial score (nSPS) is 11.4. The number of pyridine rings is 1. The third-order valence-corrected chi connectivity index (χ3v) is 3.74. The first-order valence-electron chi connectivity index (χ1n) is 5.27. The quantitative estimate of drug-likeness (QED) is 0.848. The van der Waals surface area contributed by atoms with Crippen molar-refractivity contribution in [2.45, 2.75) is 18.4 Å². The molecule has 0 aliphatic carbocycles. The van der Waals surface area contributed by atoms with Gasteiger partial charge in [-0.15, -0.1) is 0 Å². The van der Waals surface area contributed by atoms with Gasteiger partial charge < -0.3 is 5.73 Å². The van der Waals surface area contributed by atoms with Crippen LogP contribution in [0.4, 0.5) is 11.4 Å². The summed E-state index contributed by atoms with van der Waals surface area (Å²) in [5, 5.41) is 3.98. The van der Waals surface area contributed by atoms with Gasteiger partial charge in [0.25, 0.3) is 10.0 Å². The number of sulfonamides is 1. The Kier molecular flexibility index (Phi) is 3.19. The molecule has 0 atom stereocenters. The van der Waals surface area contributed by atoms with Crippen LogP contribution < -0.4 is 10.5 Å². The Morgan fingerprint density at radius 2 is 2.22 bits per heavy atom. The molecule has 0 saturated carbocycles. The second-order valence-corrected chi connectivity index (χ2v) is 5.25. The summed E-state index contributed by atoms with van der Waals surface area (Å²) < 4.78 is 28.1. The third-order valence-electron chi connectivity index (χ3n) is 2.32. The lowest BCUT2D eigenvalue weighted by Gasteiger charge is -2.07. The first-order valence-corrected chi connectivity index (χ1v) is 6.76. The molecule has 0 aromatic carbocycles. The van der Waals surface area contributed by atoms with Crippen LogP contribution in [0, 0.1) is 0 Å². The van der Waals surface area contributed by atoms with Crippen LogP contribution in [0.1, 0.15) is 6.92 Å². The number of nitrogens with one attached hydrogen (secondary N) is 1. The van der Waals surface area contributed by atoms with Gasteiger partial charge in [0.15, 0.2) is 0 Å². The summed E-state index contributed by atoms with van der Waals surface area (Å²) in [6.45, 7) is 2.57. The highest BCUT2D eigenvalue weighted by molar-refractivity contribution is 7.92. The number of anilines is 2. The lowest BCUT2D eigenvalue weighted by Crippen LogP contribution is -2.14. The van der Waals surface area contributed by atoms with Crippen LogP contribution in [0.2, 0.25) is 0 Å². The number of aromatic nitrogens is 3. The standard InChI is InChI=1S/C10H13N5O2S/c1-2-15-7-8(5-13-15)14-18(16,17)10-6-12-4-3-9(10)11/h3-7,14H,2H2,1H3,(H2,11,12). The summed E-state index contributed by atoms with van der Waals surface area (Å²) >= 11 is 0. The highest BCUT2D eigenvalue weighted by Crippen LogP contribution is 2.19. The molecule has 0 fully saturated rings. The minimum absolute atomic E-state index is 0.0470. The van der Waals surface area contributed by atoms with Gasteiger partial charge in [0.1, 0.15) is 4.90 Å². The minimum atomic E-state index is -3.73. The maximum Gasteiger partial charge on any atom is 0.265 e. The molecular formula is C10H13N5O2S. The van der Waals surface area contributed by atoms with Crippen LogP contribution in [-0.2, 0) is 16.6 Å². The van der Waals surface area contributed by atoms with Gasteiger partial charge in [-0.1, -0.05) is 0 Å². The monoisotopic (exact) mass is 267 g/mol. The molecule has 0 spiro atoms. The van der Waals surface area contributed by atoms with Crippen molar-refractivity contribution < 1.29 is 8.42 Å². The maximum atomic E-state index is 12.1. The van der Waals surface area contributed by atoms with Gasteiger partial charge in [-0.2, -0.15) is 5.10 Å². The predicted molar refractivity (Wildman–Crippen MR) is 67.4 cm³/mol. The molecular weight excluding hydrogens is 254 g/mol. The Balaban J connectivity index is 2.30. The van der Waals surface area contributed by atoms with Crippen molar-refractivity contribution in [1.29, 1.82) is 0 Å². The lowest BCUT2D eigenvalue weighted by atomic mass is 10.4. The number of hydrogen-bond acceptors (Lipinski definition) is 5. The zero-order valence-electron chi connectivity index (χ0n) is 9.74. The van der Waals surface area contributed by atoms with E-state index in [4.69, 9.17) is 5.73 Å². The summed E-state index contributed by atoms with van der Waals surface area (Å²) in [5.41, 5.74) is 6.15. The Bertz CT molecular complexity index is 650. The molecule has 2 aromatic heterocycles. The molecule has 18 heavy (non-hydrogen) atoms. The molecule has 8 heteroatoms. The van der Waals surface area contributed by atoms with Crippen molar-refractivity contribution in [1.82, 2.24) is 14.8 Å². The molecule has 0 bridgehead atoms. The molecule has 0 amide bonds. The van der Waals surface area contributed by atoms with Crippen LogP contribution in [-0.4, -0.2) is 23.2 Å². The van der Waals surface area contributed by atoms with Gasteiger partial charge >= 0.3 is 0 Å². The van der Waals surface area contributed by atoms with Crippen LogP contribution in [0.3, 0.4) is 0 Å². The van der Waals surface area contributed by atoms with Crippen molar-refractivity contribution >= 4 is 21.4 Å². The molecule has 2 aromatic rings. The highest BCUT2D eigenvalue weighted by atomic mass is 32.2. The zero-order chi connectivity index (χ0) is 13.2. The molecule has 0 radical (unpaired) electrons. The average Bonchev–Trinajstić information content (AvgIpc) is 2.76. The van der Waals surface area contributed by atoms with Gasteiger partial charge in [-0.3, -0.25) is 14.4 Å². The second-order valence-electron chi connectivity index (χ2n) is 3.60. The van der Waals surface area contributed by atoms with Crippen LogP contribution in [0.5, 0.6) is 0 Å². The van der Waals surface area contributed by atoms with E-state index in [9.17, 15) is 8.42 Å². The molecule has 7 nitrogen and oxygen atoms in total. The van der Waals surface area contributed by atoms with Gasteiger partial charge in [-0.05, 0) is 13.0 Å². The average molecular weight is 267 g/mol. The highest BCUT2D eigenvalue weighted by Gasteiger charge is 2.18. The zero-order valence-corrected chi connectivity index (χ0v) is 10.6. The molecule has 0 aliphatic heterocycles. The Hall–Kier alpha value is -2.09. The number of nitrogen functional groups attached to an aromatic ring is 1. The van der Waals surface area contributed by atoms with Crippen LogP contribution >= 0.6 is 0 Å². The fraction of sp³-hybridized carbons (Fsp3) is 0.200. The molecule has 0 unspecified atom stereocenters. The summed E-state index contributed by atoms with van der Waals surface area (Å²) in [6, 6.07) is 1.43. The number of nitrogens with zero attached hydrogens (tertiary/aromatic N) is 3. The van der Waals surface area contributed by atoms with E-state index in [1.54, 1.807) is 10.9 Å². The van der Waals surface area contributed by atoms with E-state index >= 15 is 0 Å². The topological polar surface area (TPSA) is 103 Å². The number of hydrogen-bond donors (Lipinski definition) is 2. The summed E-state index contributed by atoms with van der Waals surface area (Å²) in [7, 11) is -3.73. The fourth-order valence-electron chi connectivity index (χ4n) is 1.41. The SMILES string of the molecule is CCn1cc(NS(=O)(=O)c2cnccc2N)cn1. The Morgan fingerprint density at radius 1 is 1.44 bits per heavy atom. The molecule has 2 heterocycles. The van der Waals surface area contributed by atoms with E-state index < -0.39 is 10.0 Å². The molecule has 2 rings (SSSR count). The van der Waals surface area contributed by atoms with Gasteiger partial charge in [0, 0.05) is 25.1 Å². The largest absolute Gasteiger partial charge is 0.398 e. The summed E-state index contributed by atoms with van der Waals surface area (Å²) in [6.07, 6.45) is 5.68. The van der Waals surface area contributed by atoms with Crippen molar-refractivity contribution in [2.75, 3.05) is 10.5 Å².